The Morgan fingerprint density at radius 3 is 2.66 bits per heavy atom. The van der Waals surface area contributed by atoms with Gasteiger partial charge in [0, 0.05) is 12.6 Å². The zero-order chi connectivity index (χ0) is 20.5. The van der Waals surface area contributed by atoms with Crippen LogP contribution >= 0.6 is 0 Å². The number of aliphatic hydroxyl groups excluding tert-OH is 3. The number of nitrogens with zero attached hydrogens (tertiary/aromatic N) is 3. The number of fused-ring (bicyclic) bond motifs is 1. The van der Waals surface area contributed by atoms with Crippen LogP contribution in [0.25, 0.3) is 11.2 Å². The van der Waals surface area contributed by atoms with E-state index in [-0.39, 0.29) is 5.82 Å². The highest BCUT2D eigenvalue weighted by atomic mass is 19.1. The molecular weight excluding hydrogens is 381 g/mol. The molecule has 0 unspecified atom stereocenters. The van der Waals surface area contributed by atoms with E-state index in [4.69, 9.17) is 10.5 Å². The second-order valence-electron chi connectivity index (χ2n) is 6.95. The Hall–Kier alpha value is -2.79. The van der Waals surface area contributed by atoms with Crippen LogP contribution in [-0.4, -0.2) is 61.3 Å². The molecule has 1 fully saturated rings. The summed E-state index contributed by atoms with van der Waals surface area (Å²) < 4.78 is 20.0. The Kier molecular flexibility index (Phi) is 5.33. The molecule has 1 aliphatic heterocycles. The molecular formula is C19H22FN5O4. The van der Waals surface area contributed by atoms with Gasteiger partial charge in [0.15, 0.2) is 11.9 Å². The summed E-state index contributed by atoms with van der Waals surface area (Å²) in [6, 6.07) is 7.92. The average Bonchev–Trinajstić information content (AvgIpc) is 3.25. The van der Waals surface area contributed by atoms with Gasteiger partial charge in [0.05, 0.1) is 18.6 Å². The topological polar surface area (TPSA) is 139 Å². The number of benzene rings is 1. The van der Waals surface area contributed by atoms with E-state index in [0.717, 1.165) is 5.56 Å². The Labute approximate surface area is 165 Å². The smallest absolute Gasteiger partial charge is 0.166 e. The van der Waals surface area contributed by atoms with E-state index >= 15 is 0 Å². The molecule has 9 nitrogen and oxygen atoms in total. The Bertz CT molecular complexity index is 996. The lowest BCUT2D eigenvalue weighted by Crippen LogP contribution is -2.33. The van der Waals surface area contributed by atoms with Gasteiger partial charge in [-0.2, -0.15) is 0 Å². The first-order chi connectivity index (χ1) is 14.0. The molecule has 10 heteroatoms. The fourth-order valence-corrected chi connectivity index (χ4v) is 3.40. The molecule has 1 saturated heterocycles. The monoisotopic (exact) mass is 403 g/mol. The largest absolute Gasteiger partial charge is 0.397 e. The van der Waals surface area contributed by atoms with Crippen molar-refractivity contribution in [3.63, 3.8) is 0 Å². The standard InChI is InChI=1S/C19H22FN5O4/c20-11-3-1-10(2-4-11)5-6-22-14-7-12(21)15-18(24-14)25(9-23-15)19-17(28)16(27)13(8-26)29-19/h1-4,7,9,13,16-17,19,26-28H,5-6,8H2,(H3,21,22,24)/t13-,16-,17-,19-/m1/s1. The number of hydrogen-bond acceptors (Lipinski definition) is 8. The maximum Gasteiger partial charge on any atom is 0.166 e. The molecule has 6 N–H and O–H groups in total. The van der Waals surface area contributed by atoms with Gasteiger partial charge >= 0.3 is 0 Å². The van der Waals surface area contributed by atoms with Gasteiger partial charge in [-0.15, -0.1) is 0 Å². The van der Waals surface area contributed by atoms with E-state index in [2.05, 4.69) is 15.3 Å². The average molecular weight is 403 g/mol. The Morgan fingerprint density at radius 1 is 1.21 bits per heavy atom. The van der Waals surface area contributed by atoms with Crippen molar-refractivity contribution in [2.24, 2.45) is 0 Å². The highest BCUT2D eigenvalue weighted by Gasteiger charge is 2.44. The van der Waals surface area contributed by atoms with Crippen LogP contribution < -0.4 is 11.1 Å². The van der Waals surface area contributed by atoms with Crippen LogP contribution in [0.3, 0.4) is 0 Å². The molecule has 0 amide bonds. The number of hydrogen-bond donors (Lipinski definition) is 5. The third kappa shape index (κ3) is 3.75. The molecule has 154 valence electrons. The maximum absolute atomic E-state index is 13.0. The molecule has 4 rings (SSSR count). The molecule has 0 aliphatic carbocycles. The summed E-state index contributed by atoms with van der Waals surface area (Å²) in [5.41, 5.74) is 8.28. The lowest BCUT2D eigenvalue weighted by Gasteiger charge is -2.17. The first kappa shape index (κ1) is 19.5. The van der Waals surface area contributed by atoms with Gasteiger partial charge in [0.25, 0.3) is 0 Å². The zero-order valence-electron chi connectivity index (χ0n) is 15.4. The molecule has 0 bridgehead atoms. The summed E-state index contributed by atoms with van der Waals surface area (Å²) in [6.45, 7) is 0.124. The van der Waals surface area contributed by atoms with Crippen LogP contribution in [0.2, 0.25) is 0 Å². The number of nitrogens with one attached hydrogen (secondary N) is 1. The molecule has 0 saturated carbocycles. The van der Waals surface area contributed by atoms with Crippen LogP contribution in [-0.2, 0) is 11.2 Å². The van der Waals surface area contributed by atoms with Crippen molar-refractivity contribution in [2.45, 2.75) is 31.0 Å². The minimum absolute atomic E-state index is 0.278. The second-order valence-corrected chi connectivity index (χ2v) is 6.95. The van der Waals surface area contributed by atoms with E-state index in [1.54, 1.807) is 18.2 Å². The highest BCUT2D eigenvalue weighted by Crippen LogP contribution is 2.32. The molecule has 29 heavy (non-hydrogen) atoms. The lowest BCUT2D eigenvalue weighted by molar-refractivity contribution is -0.0511. The van der Waals surface area contributed by atoms with Crippen LogP contribution in [0.15, 0.2) is 36.7 Å². The van der Waals surface area contributed by atoms with E-state index in [1.807, 2.05) is 0 Å². The van der Waals surface area contributed by atoms with Crippen LogP contribution in [0.4, 0.5) is 15.9 Å². The number of nitrogen functional groups attached to an aromatic ring is 1. The molecule has 1 aromatic carbocycles. The maximum atomic E-state index is 13.0. The minimum atomic E-state index is -1.25. The summed E-state index contributed by atoms with van der Waals surface area (Å²) in [6.07, 6.45) is -2.24. The lowest BCUT2D eigenvalue weighted by atomic mass is 10.1. The molecule has 2 aromatic heterocycles. The van der Waals surface area contributed by atoms with Crippen molar-refractivity contribution in [1.29, 1.82) is 0 Å². The predicted octanol–water partition coefficient (Wildman–Crippen LogP) is 0.419. The quantitative estimate of drug-likeness (QED) is 0.399. The molecule has 0 radical (unpaired) electrons. The number of nitrogens with two attached hydrogens (primary N) is 1. The first-order valence-corrected chi connectivity index (χ1v) is 9.21. The van der Waals surface area contributed by atoms with Crippen LogP contribution in [0, 0.1) is 5.82 Å². The summed E-state index contributed by atoms with van der Waals surface area (Å²) in [5.74, 6) is 0.227. The number of ether oxygens (including phenoxy) is 1. The van der Waals surface area contributed by atoms with E-state index in [0.29, 0.717) is 35.6 Å². The highest BCUT2D eigenvalue weighted by molar-refractivity contribution is 5.86. The van der Waals surface area contributed by atoms with E-state index in [9.17, 15) is 19.7 Å². The fraction of sp³-hybridized carbons (Fsp3) is 0.368. The molecule has 3 aromatic rings. The number of halogens is 1. The van der Waals surface area contributed by atoms with Gasteiger partial charge in [0.2, 0.25) is 0 Å². The number of aromatic nitrogens is 3. The zero-order valence-corrected chi connectivity index (χ0v) is 15.4. The Morgan fingerprint density at radius 2 is 1.97 bits per heavy atom. The summed E-state index contributed by atoms with van der Waals surface area (Å²) in [7, 11) is 0. The first-order valence-electron chi connectivity index (χ1n) is 9.21. The number of aliphatic hydroxyl groups is 3. The fourth-order valence-electron chi connectivity index (χ4n) is 3.40. The van der Waals surface area contributed by atoms with Gasteiger partial charge in [-0.3, -0.25) is 4.57 Å². The summed E-state index contributed by atoms with van der Waals surface area (Å²) in [4.78, 5) is 8.74. The molecule has 4 atom stereocenters. The molecule has 1 aliphatic rings. The minimum Gasteiger partial charge on any atom is -0.397 e. The number of imidazole rings is 1. The van der Waals surface area contributed by atoms with Crippen molar-refractivity contribution in [3.05, 3.63) is 48.0 Å². The van der Waals surface area contributed by atoms with Crippen molar-refractivity contribution < 1.29 is 24.4 Å². The second kappa shape index (κ2) is 7.91. The normalized spacial score (nSPS) is 24.3. The van der Waals surface area contributed by atoms with Crippen molar-refractivity contribution in [3.8, 4) is 0 Å². The van der Waals surface area contributed by atoms with Gasteiger partial charge in [-0.05, 0) is 24.1 Å². The summed E-state index contributed by atoms with van der Waals surface area (Å²) >= 11 is 0. The van der Waals surface area contributed by atoms with Gasteiger partial charge in [-0.1, -0.05) is 12.1 Å². The van der Waals surface area contributed by atoms with Gasteiger partial charge in [-0.25, -0.2) is 14.4 Å². The van der Waals surface area contributed by atoms with E-state index < -0.39 is 31.1 Å². The van der Waals surface area contributed by atoms with Crippen molar-refractivity contribution in [2.75, 3.05) is 24.2 Å². The number of pyridine rings is 1. The van der Waals surface area contributed by atoms with Gasteiger partial charge in [0.1, 0.15) is 35.5 Å². The molecule has 3 heterocycles. The Balaban J connectivity index is 1.54. The number of rotatable bonds is 6. The molecule has 0 spiro atoms. The SMILES string of the molecule is Nc1cc(NCCc2ccc(F)cc2)nc2c1ncn2[C@@H]1O[C@H](CO)[C@@H](O)[C@H]1O. The van der Waals surface area contributed by atoms with Crippen LogP contribution in [0.1, 0.15) is 11.8 Å². The van der Waals surface area contributed by atoms with Crippen LogP contribution in [0.5, 0.6) is 0 Å². The van der Waals surface area contributed by atoms with Gasteiger partial charge < -0.3 is 31.1 Å². The van der Waals surface area contributed by atoms with Crippen molar-refractivity contribution >= 4 is 22.7 Å². The predicted molar refractivity (Wildman–Crippen MR) is 104 cm³/mol. The third-order valence-electron chi connectivity index (χ3n) is 4.98. The van der Waals surface area contributed by atoms with E-state index in [1.165, 1.54) is 23.0 Å². The summed E-state index contributed by atoms with van der Waals surface area (Å²) in [5, 5.41) is 32.7. The third-order valence-corrected chi connectivity index (χ3v) is 4.98. The van der Waals surface area contributed by atoms with Crippen molar-refractivity contribution in [1.82, 2.24) is 14.5 Å². The number of anilines is 2.